The first-order chi connectivity index (χ1) is 12.7. The van der Waals surface area contributed by atoms with Crippen LogP contribution in [0.3, 0.4) is 0 Å². The third kappa shape index (κ3) is 6.39. The van der Waals surface area contributed by atoms with Gasteiger partial charge in [-0.3, -0.25) is 0 Å². The molecule has 3 aliphatic carbocycles. The number of hydrogen-bond acceptors (Lipinski definition) is 1. The molecular formula is C26H49N. The molecular weight excluding hydrogens is 326 g/mol. The minimum absolute atomic E-state index is 0.505. The first-order valence-electron chi connectivity index (χ1n) is 11.3. The van der Waals surface area contributed by atoms with Gasteiger partial charge in [0.25, 0.3) is 0 Å². The van der Waals surface area contributed by atoms with Gasteiger partial charge in [-0.2, -0.15) is 0 Å². The topological polar surface area (TPSA) is 3.24 Å². The fourth-order valence-corrected chi connectivity index (χ4v) is 5.67. The lowest BCUT2D eigenvalue weighted by Gasteiger charge is -2.51. The van der Waals surface area contributed by atoms with Gasteiger partial charge in [-0.25, -0.2) is 0 Å². The number of allylic oxidation sites excluding steroid dienone is 1. The fraction of sp³-hybridized carbons (Fsp3) is 0.846. The molecule has 3 saturated carbocycles. The van der Waals surface area contributed by atoms with E-state index in [9.17, 15) is 0 Å². The van der Waals surface area contributed by atoms with E-state index in [2.05, 4.69) is 40.2 Å². The maximum Gasteiger partial charge on any atom is -0.00905 e. The molecule has 0 N–H and O–H groups in total. The third-order valence-corrected chi connectivity index (χ3v) is 7.75. The van der Waals surface area contributed by atoms with E-state index in [1.54, 1.807) is 5.57 Å². The highest BCUT2D eigenvalue weighted by Crippen LogP contribution is 2.60. The molecule has 3 rings (SSSR count). The molecule has 2 unspecified atom stereocenters. The second-order valence-electron chi connectivity index (χ2n) is 9.72. The van der Waals surface area contributed by atoms with E-state index in [0.29, 0.717) is 10.8 Å². The maximum absolute atomic E-state index is 4.38. The molecule has 0 saturated heterocycles. The predicted octanol–water partition coefficient (Wildman–Crippen LogP) is 7.43. The molecule has 3 aliphatic rings. The van der Waals surface area contributed by atoms with Crippen LogP contribution in [0.4, 0.5) is 0 Å². The average Bonchev–Trinajstić information content (AvgIpc) is 2.95. The summed E-state index contributed by atoms with van der Waals surface area (Å²) < 4.78 is 0. The zero-order chi connectivity index (χ0) is 21.3. The van der Waals surface area contributed by atoms with Crippen molar-refractivity contribution in [1.29, 1.82) is 0 Å². The van der Waals surface area contributed by atoms with Crippen LogP contribution in [0.15, 0.2) is 12.2 Å². The minimum Gasteiger partial charge on any atom is -0.312 e. The van der Waals surface area contributed by atoms with Gasteiger partial charge in [-0.1, -0.05) is 66.0 Å². The van der Waals surface area contributed by atoms with E-state index in [4.69, 9.17) is 0 Å². The van der Waals surface area contributed by atoms with Crippen molar-refractivity contribution in [3.8, 4) is 12.8 Å². The molecule has 0 aromatic heterocycles. The second kappa shape index (κ2) is 12.0. The molecule has 1 heteroatoms. The molecule has 0 heterocycles. The standard InChI is InChI=1S/C19H32.C3H9N.C2H6.C2H2/c1-14-7-5-6-11-18(14,3)17-10-12-19(4)15(2)8-9-16(19)13-17;1-4(2)3;2*1-2/h14,16-17H,2,5-13H2,1,3-4H3;1-3H3;1-2H3;1-2H/t14-,16?,17?,18-,19+;;;/m0.../s1. The Bertz CT molecular complexity index is 446. The number of rotatable bonds is 1. The Morgan fingerprint density at radius 2 is 1.48 bits per heavy atom. The Morgan fingerprint density at radius 1 is 0.926 bits per heavy atom. The van der Waals surface area contributed by atoms with Crippen LogP contribution < -0.4 is 0 Å². The van der Waals surface area contributed by atoms with Crippen molar-refractivity contribution in [3.05, 3.63) is 12.2 Å². The predicted molar refractivity (Wildman–Crippen MR) is 124 cm³/mol. The van der Waals surface area contributed by atoms with Crippen LogP contribution in [0, 0.1) is 41.4 Å². The number of fused-ring (bicyclic) bond motifs is 1. The minimum atomic E-state index is 0.505. The Hall–Kier alpha value is -0.740. The molecule has 5 atom stereocenters. The van der Waals surface area contributed by atoms with E-state index in [1.807, 2.05) is 39.9 Å². The van der Waals surface area contributed by atoms with Gasteiger partial charge in [0.15, 0.2) is 0 Å². The Morgan fingerprint density at radius 3 is 2.00 bits per heavy atom. The molecule has 0 amide bonds. The number of hydrogen-bond donors (Lipinski definition) is 0. The highest BCUT2D eigenvalue weighted by atomic mass is 15.0. The van der Waals surface area contributed by atoms with Crippen molar-refractivity contribution in [2.45, 2.75) is 92.4 Å². The van der Waals surface area contributed by atoms with Gasteiger partial charge < -0.3 is 4.90 Å². The molecule has 3 fully saturated rings. The summed E-state index contributed by atoms with van der Waals surface area (Å²) >= 11 is 0. The molecule has 0 radical (unpaired) electrons. The summed E-state index contributed by atoms with van der Waals surface area (Å²) in [6, 6.07) is 0. The molecule has 1 nitrogen and oxygen atoms in total. The summed E-state index contributed by atoms with van der Waals surface area (Å²) in [6.07, 6.45) is 21.0. The van der Waals surface area contributed by atoms with Crippen molar-refractivity contribution >= 4 is 0 Å². The zero-order valence-corrected chi connectivity index (χ0v) is 19.9. The highest BCUT2D eigenvalue weighted by molar-refractivity contribution is 5.19. The summed E-state index contributed by atoms with van der Waals surface area (Å²) in [7, 11) is 6.00. The molecule has 27 heavy (non-hydrogen) atoms. The zero-order valence-electron chi connectivity index (χ0n) is 19.9. The summed E-state index contributed by atoms with van der Waals surface area (Å²) in [5.41, 5.74) is 2.71. The lowest BCUT2D eigenvalue weighted by molar-refractivity contribution is -0.00600. The van der Waals surface area contributed by atoms with Crippen LogP contribution in [0.5, 0.6) is 0 Å². The third-order valence-electron chi connectivity index (χ3n) is 7.75. The van der Waals surface area contributed by atoms with Crippen LogP contribution in [0.1, 0.15) is 92.4 Å². The van der Waals surface area contributed by atoms with Crippen LogP contribution in [-0.2, 0) is 0 Å². The fourth-order valence-electron chi connectivity index (χ4n) is 5.67. The van der Waals surface area contributed by atoms with Gasteiger partial charge in [0, 0.05) is 0 Å². The molecule has 158 valence electrons. The van der Waals surface area contributed by atoms with Crippen molar-refractivity contribution in [2.75, 3.05) is 21.1 Å². The largest absolute Gasteiger partial charge is 0.312 e. The first-order valence-corrected chi connectivity index (χ1v) is 11.3. The summed E-state index contributed by atoms with van der Waals surface area (Å²) in [6.45, 7) is 16.0. The van der Waals surface area contributed by atoms with E-state index in [1.165, 1.54) is 57.8 Å². The van der Waals surface area contributed by atoms with Gasteiger partial charge in [0.05, 0.1) is 0 Å². The van der Waals surface area contributed by atoms with Gasteiger partial charge in [-0.15, -0.1) is 12.8 Å². The molecule has 0 aromatic carbocycles. The Kier molecular flexibility index (Phi) is 11.6. The molecule has 0 bridgehead atoms. The monoisotopic (exact) mass is 375 g/mol. The van der Waals surface area contributed by atoms with Gasteiger partial charge >= 0.3 is 0 Å². The molecule has 0 spiro atoms. The molecule has 0 aromatic rings. The van der Waals surface area contributed by atoms with Crippen LogP contribution in [-0.4, -0.2) is 26.0 Å². The van der Waals surface area contributed by atoms with Crippen molar-refractivity contribution in [2.24, 2.45) is 28.6 Å². The Balaban J connectivity index is 0.000000737. The van der Waals surface area contributed by atoms with Crippen LogP contribution in [0.25, 0.3) is 0 Å². The van der Waals surface area contributed by atoms with Gasteiger partial charge in [-0.05, 0) is 88.3 Å². The quantitative estimate of drug-likeness (QED) is 0.340. The number of terminal acetylenes is 1. The normalized spacial score (nSPS) is 37.6. The van der Waals surface area contributed by atoms with Crippen LogP contribution >= 0.6 is 0 Å². The van der Waals surface area contributed by atoms with E-state index >= 15 is 0 Å². The van der Waals surface area contributed by atoms with Crippen molar-refractivity contribution in [3.63, 3.8) is 0 Å². The summed E-state index contributed by atoms with van der Waals surface area (Å²) in [5.74, 6) is 2.89. The summed E-state index contributed by atoms with van der Waals surface area (Å²) in [4.78, 5) is 2.00. The van der Waals surface area contributed by atoms with Gasteiger partial charge in [0.2, 0.25) is 0 Å². The van der Waals surface area contributed by atoms with E-state index < -0.39 is 0 Å². The summed E-state index contributed by atoms with van der Waals surface area (Å²) in [5, 5.41) is 0. The van der Waals surface area contributed by atoms with Crippen molar-refractivity contribution in [1.82, 2.24) is 4.90 Å². The van der Waals surface area contributed by atoms with Crippen molar-refractivity contribution < 1.29 is 0 Å². The smallest absolute Gasteiger partial charge is 0.00905 e. The lowest BCUT2D eigenvalue weighted by Crippen LogP contribution is -2.42. The SMILES string of the molecule is C#C.C=C1CCC2CC([C@@]3(C)CCCC[C@@H]3C)CC[C@]12C.CC.CN(C)C. The molecule has 0 aliphatic heterocycles. The first kappa shape index (κ1) is 26.3. The van der Waals surface area contributed by atoms with E-state index in [-0.39, 0.29) is 0 Å². The second-order valence-corrected chi connectivity index (χ2v) is 9.72. The van der Waals surface area contributed by atoms with E-state index in [0.717, 1.165) is 17.8 Å². The number of nitrogens with zero attached hydrogens (tertiary/aromatic N) is 1. The average molecular weight is 376 g/mol. The van der Waals surface area contributed by atoms with Gasteiger partial charge in [0.1, 0.15) is 0 Å². The highest BCUT2D eigenvalue weighted by Gasteiger charge is 2.50. The lowest BCUT2D eigenvalue weighted by atomic mass is 9.53. The Labute approximate surface area is 172 Å². The van der Waals surface area contributed by atoms with Crippen LogP contribution in [0.2, 0.25) is 0 Å². The maximum atomic E-state index is 4.38.